The van der Waals surface area contributed by atoms with E-state index in [4.69, 9.17) is 0 Å². The predicted molar refractivity (Wildman–Crippen MR) is 118 cm³/mol. The third kappa shape index (κ3) is 15.0. The summed E-state index contributed by atoms with van der Waals surface area (Å²) in [6.07, 6.45) is 26.9. The topological polar surface area (TPSA) is 34.7 Å². The number of unbranched alkanes of at least 4 members (excludes halogenated alkanes) is 11. The van der Waals surface area contributed by atoms with Crippen LogP contribution in [0.4, 0.5) is 0 Å². The van der Waals surface area contributed by atoms with Gasteiger partial charge in [-0.05, 0) is 32.0 Å². The molecular weight excluding hydrogens is 318 g/mol. The monoisotopic (exact) mass is 369 g/mol. The molecule has 0 atom stereocenters. The highest BCUT2D eigenvalue weighted by Crippen LogP contribution is 2.28. The second kappa shape index (κ2) is 19.7. The van der Waals surface area contributed by atoms with Crippen molar-refractivity contribution in [1.29, 1.82) is 0 Å². The van der Waals surface area contributed by atoms with Crippen LogP contribution in [0.15, 0.2) is 0 Å². The van der Waals surface area contributed by atoms with Crippen LogP contribution in [0.25, 0.3) is 0 Å². The third-order valence-corrected chi connectivity index (χ3v) is 6.46. The largest absolute Gasteiger partial charge is 0.412 e. The van der Waals surface area contributed by atoms with Crippen LogP contribution < -0.4 is 0 Å². The van der Waals surface area contributed by atoms with E-state index in [0.29, 0.717) is 0 Å². The summed E-state index contributed by atoms with van der Waals surface area (Å²) in [6, 6.07) is 0. The van der Waals surface area contributed by atoms with E-state index in [9.17, 15) is 0 Å². The van der Waals surface area contributed by atoms with Crippen molar-refractivity contribution in [2.24, 2.45) is 5.92 Å². The van der Waals surface area contributed by atoms with Gasteiger partial charge in [0.2, 0.25) is 0 Å². The predicted octanol–water partition coefficient (Wildman–Crippen LogP) is 7.16. The van der Waals surface area contributed by atoms with Crippen LogP contribution in [-0.2, 0) is 0 Å². The lowest BCUT2D eigenvalue weighted by molar-refractivity contribution is 0.295. The minimum atomic E-state index is 0. The summed E-state index contributed by atoms with van der Waals surface area (Å²) in [5, 5.41) is 0. The number of rotatable bonds is 17. The van der Waals surface area contributed by atoms with Crippen LogP contribution in [0.1, 0.15) is 129 Å². The lowest BCUT2D eigenvalue weighted by Crippen LogP contribution is -2.23. The van der Waals surface area contributed by atoms with E-state index >= 15 is 0 Å². The lowest BCUT2D eigenvalue weighted by Gasteiger charge is -2.21. The first-order valence-electron chi connectivity index (χ1n) is 12.1. The van der Waals surface area contributed by atoms with Crippen molar-refractivity contribution in [3.63, 3.8) is 0 Å². The molecule has 0 spiro atoms. The van der Waals surface area contributed by atoms with Crippen LogP contribution >= 0.6 is 0 Å². The maximum Gasteiger partial charge on any atom is -0.00190 e. The van der Waals surface area contributed by atoms with E-state index in [-0.39, 0.29) is 5.48 Å². The quantitative estimate of drug-likeness (QED) is 0.250. The van der Waals surface area contributed by atoms with E-state index in [0.717, 1.165) is 5.92 Å². The summed E-state index contributed by atoms with van der Waals surface area (Å²) in [6.45, 7) is 8.31. The van der Waals surface area contributed by atoms with E-state index in [1.54, 1.807) is 0 Å². The van der Waals surface area contributed by atoms with Gasteiger partial charge in [-0.1, -0.05) is 123 Å². The molecule has 0 aromatic carbocycles. The molecule has 1 rings (SSSR count). The van der Waals surface area contributed by atoms with Gasteiger partial charge in [0, 0.05) is 0 Å². The minimum Gasteiger partial charge on any atom is -0.412 e. The molecule has 2 N–H and O–H groups in total. The molecule has 1 fully saturated rings. The molecule has 1 aliphatic carbocycles. The summed E-state index contributed by atoms with van der Waals surface area (Å²) in [5.74, 6) is 1.10. The van der Waals surface area contributed by atoms with Gasteiger partial charge in [-0.15, -0.1) is 0 Å². The number of nitrogens with zero attached hydrogens (tertiary/aromatic N) is 1. The van der Waals surface area contributed by atoms with Gasteiger partial charge in [-0.25, -0.2) is 0 Å². The fourth-order valence-corrected chi connectivity index (χ4v) is 4.55. The molecule has 2 nitrogen and oxygen atoms in total. The Morgan fingerprint density at radius 1 is 0.577 bits per heavy atom. The molecule has 26 heavy (non-hydrogen) atoms. The molecule has 0 saturated heterocycles. The molecule has 0 bridgehead atoms. The van der Waals surface area contributed by atoms with Crippen LogP contribution in [0, 0.1) is 5.92 Å². The van der Waals surface area contributed by atoms with Crippen molar-refractivity contribution in [3.05, 3.63) is 0 Å². The van der Waals surface area contributed by atoms with Crippen molar-refractivity contribution in [2.75, 3.05) is 19.6 Å². The summed E-state index contributed by atoms with van der Waals surface area (Å²) in [4.78, 5) is 2.55. The average Bonchev–Trinajstić information content (AvgIpc) is 2.66. The highest BCUT2D eigenvalue weighted by molar-refractivity contribution is 4.65. The second-order valence-electron chi connectivity index (χ2n) is 8.56. The Balaban J connectivity index is 0.00000625. The van der Waals surface area contributed by atoms with Gasteiger partial charge in [0.05, 0.1) is 0 Å². The Morgan fingerprint density at radius 3 is 1.46 bits per heavy atom. The fraction of sp³-hybridized carbons (Fsp3) is 1.00. The van der Waals surface area contributed by atoms with Gasteiger partial charge in [0.15, 0.2) is 0 Å². The van der Waals surface area contributed by atoms with Crippen molar-refractivity contribution >= 4 is 0 Å². The molecule has 0 unspecified atom stereocenters. The fourth-order valence-electron chi connectivity index (χ4n) is 4.55. The van der Waals surface area contributed by atoms with E-state index < -0.39 is 0 Å². The van der Waals surface area contributed by atoms with Crippen LogP contribution in [-0.4, -0.2) is 30.0 Å². The molecule has 0 aliphatic heterocycles. The lowest BCUT2D eigenvalue weighted by atomic mass is 9.85. The third-order valence-electron chi connectivity index (χ3n) is 6.46. The molecule has 0 aromatic rings. The van der Waals surface area contributed by atoms with Crippen molar-refractivity contribution in [3.8, 4) is 0 Å². The maximum absolute atomic E-state index is 2.55. The standard InChI is InChI=1S/C24H49N.H2O/c1-3-25(4-2)23-19-14-12-10-8-6-5-7-9-11-13-16-20-24-21-17-15-18-22-24;/h24H,3-23H2,1-2H3;1H2. The molecular formula is C24H51NO. The second-order valence-corrected chi connectivity index (χ2v) is 8.56. The van der Waals surface area contributed by atoms with Crippen LogP contribution in [0.5, 0.6) is 0 Å². The summed E-state index contributed by atoms with van der Waals surface area (Å²) < 4.78 is 0. The Labute approximate surface area is 165 Å². The first kappa shape index (κ1) is 25.9. The van der Waals surface area contributed by atoms with Gasteiger partial charge in [-0.3, -0.25) is 0 Å². The van der Waals surface area contributed by atoms with Crippen molar-refractivity contribution < 1.29 is 5.48 Å². The molecule has 0 radical (unpaired) electrons. The number of hydrogen-bond acceptors (Lipinski definition) is 1. The summed E-state index contributed by atoms with van der Waals surface area (Å²) in [5.41, 5.74) is 0. The van der Waals surface area contributed by atoms with Crippen LogP contribution in [0.2, 0.25) is 0 Å². The van der Waals surface area contributed by atoms with Crippen molar-refractivity contribution in [1.82, 2.24) is 4.90 Å². The van der Waals surface area contributed by atoms with Gasteiger partial charge in [0.25, 0.3) is 0 Å². The zero-order chi connectivity index (χ0) is 18.0. The van der Waals surface area contributed by atoms with E-state index in [1.165, 1.54) is 135 Å². The maximum atomic E-state index is 2.55. The Morgan fingerprint density at radius 2 is 1.00 bits per heavy atom. The van der Waals surface area contributed by atoms with Gasteiger partial charge in [0.1, 0.15) is 0 Å². The van der Waals surface area contributed by atoms with Crippen LogP contribution in [0.3, 0.4) is 0 Å². The zero-order valence-electron chi connectivity index (χ0n) is 18.4. The SMILES string of the molecule is CCN(CC)CCCCCCCCCCCCCCC1CCCCC1.O. The first-order valence-corrected chi connectivity index (χ1v) is 12.1. The highest BCUT2D eigenvalue weighted by atomic mass is 16.0. The molecule has 0 amide bonds. The van der Waals surface area contributed by atoms with E-state index in [1.807, 2.05) is 0 Å². The average molecular weight is 370 g/mol. The summed E-state index contributed by atoms with van der Waals surface area (Å²) in [7, 11) is 0. The molecule has 0 heterocycles. The van der Waals surface area contributed by atoms with Gasteiger partial charge in [-0.2, -0.15) is 0 Å². The summed E-state index contributed by atoms with van der Waals surface area (Å²) >= 11 is 0. The van der Waals surface area contributed by atoms with E-state index in [2.05, 4.69) is 18.7 Å². The molecule has 0 aromatic heterocycles. The Bertz CT molecular complexity index is 259. The molecule has 1 saturated carbocycles. The smallest absolute Gasteiger partial charge is 0.00190 e. The highest BCUT2D eigenvalue weighted by Gasteiger charge is 2.12. The molecule has 2 heteroatoms. The molecule has 158 valence electrons. The number of hydrogen-bond donors (Lipinski definition) is 0. The molecule has 1 aliphatic rings. The first-order chi connectivity index (χ1) is 12.4. The Kier molecular flexibility index (Phi) is 19.6. The zero-order valence-corrected chi connectivity index (χ0v) is 18.4. The Hall–Kier alpha value is -0.0800. The van der Waals surface area contributed by atoms with Gasteiger partial charge < -0.3 is 10.4 Å². The minimum absolute atomic E-state index is 0. The van der Waals surface area contributed by atoms with Gasteiger partial charge >= 0.3 is 0 Å². The van der Waals surface area contributed by atoms with Crippen molar-refractivity contribution in [2.45, 2.75) is 129 Å². The normalized spacial score (nSPS) is 15.3.